The third-order valence-corrected chi connectivity index (χ3v) is 3.69. The number of aryl methyl sites for hydroxylation is 1. The van der Waals surface area contributed by atoms with Crippen LogP contribution in [0.3, 0.4) is 0 Å². The molecule has 1 aromatic carbocycles. The number of oxazole rings is 1. The number of amides is 2. The number of nitrogens with zero attached hydrogens (tertiary/aromatic N) is 2. The topological polar surface area (TPSA) is 75.4 Å². The summed E-state index contributed by atoms with van der Waals surface area (Å²) in [6, 6.07) is 7.42. The molecule has 0 saturated carbocycles. The molecule has 0 aliphatic rings. The van der Waals surface area contributed by atoms with Crippen molar-refractivity contribution in [3.05, 3.63) is 53.2 Å². The van der Waals surface area contributed by atoms with E-state index in [1.807, 2.05) is 58.9 Å². The summed E-state index contributed by atoms with van der Waals surface area (Å²) in [5.41, 5.74) is 1.93. The fourth-order valence-corrected chi connectivity index (χ4v) is 2.32. The summed E-state index contributed by atoms with van der Waals surface area (Å²) in [5, 5.41) is 2.76. The Labute approximate surface area is 148 Å². The maximum atomic E-state index is 12.8. The number of aromatic nitrogens is 1. The minimum atomic E-state index is -0.286. The smallest absolute Gasteiger partial charge is 0.273 e. The van der Waals surface area contributed by atoms with Crippen molar-refractivity contribution in [3.8, 4) is 0 Å². The maximum absolute atomic E-state index is 12.8. The van der Waals surface area contributed by atoms with E-state index < -0.39 is 0 Å². The van der Waals surface area contributed by atoms with Crippen LogP contribution >= 0.6 is 0 Å². The molecule has 6 nitrogen and oxygen atoms in total. The van der Waals surface area contributed by atoms with E-state index in [0.717, 1.165) is 5.56 Å². The van der Waals surface area contributed by atoms with Crippen LogP contribution in [-0.2, 0) is 6.54 Å². The molecule has 25 heavy (non-hydrogen) atoms. The molecule has 0 aliphatic heterocycles. The monoisotopic (exact) mass is 343 g/mol. The lowest BCUT2D eigenvalue weighted by Crippen LogP contribution is -2.36. The number of rotatable bonds is 6. The van der Waals surface area contributed by atoms with Crippen LogP contribution in [-0.4, -0.2) is 33.8 Å². The summed E-state index contributed by atoms with van der Waals surface area (Å²) in [4.78, 5) is 30.6. The van der Waals surface area contributed by atoms with E-state index in [0.29, 0.717) is 11.5 Å². The third kappa shape index (κ3) is 4.92. The highest BCUT2D eigenvalue weighted by molar-refractivity contribution is 5.94. The Morgan fingerprint density at radius 3 is 2.36 bits per heavy atom. The van der Waals surface area contributed by atoms with E-state index in [2.05, 4.69) is 10.3 Å². The summed E-state index contributed by atoms with van der Waals surface area (Å²) in [6.45, 7) is 9.80. The average Bonchev–Trinajstić information content (AvgIpc) is 3.00. The molecule has 1 N–H and O–H groups in total. The summed E-state index contributed by atoms with van der Waals surface area (Å²) in [6.07, 6.45) is 1.32. The Morgan fingerprint density at radius 1 is 1.16 bits per heavy atom. The number of benzene rings is 1. The molecule has 1 aromatic heterocycles. The minimum Gasteiger partial charge on any atom is -0.446 e. The fraction of sp³-hybridized carbons (Fsp3) is 0.421. The predicted octanol–water partition coefficient (Wildman–Crippen LogP) is 3.17. The van der Waals surface area contributed by atoms with Crippen molar-refractivity contribution in [2.45, 2.75) is 53.2 Å². The lowest BCUT2D eigenvalue weighted by Gasteiger charge is -2.25. The Hall–Kier alpha value is -2.63. The van der Waals surface area contributed by atoms with Gasteiger partial charge in [-0.25, -0.2) is 4.98 Å². The molecular weight excluding hydrogens is 318 g/mol. The van der Waals surface area contributed by atoms with Gasteiger partial charge in [-0.2, -0.15) is 0 Å². The standard InChI is InChI=1S/C19H25N3O3/c1-12(2)20-18(23)16-11-25-17(21-16)10-22(13(3)4)19(24)15-8-6-14(5)7-9-15/h6-9,11-13H,10H2,1-5H3,(H,20,23). The molecule has 0 unspecified atom stereocenters. The zero-order valence-electron chi connectivity index (χ0n) is 15.4. The van der Waals surface area contributed by atoms with Crippen molar-refractivity contribution < 1.29 is 14.0 Å². The van der Waals surface area contributed by atoms with Crippen LogP contribution in [0.15, 0.2) is 34.9 Å². The first-order valence-corrected chi connectivity index (χ1v) is 8.40. The van der Waals surface area contributed by atoms with Crippen molar-refractivity contribution in [1.29, 1.82) is 0 Å². The zero-order chi connectivity index (χ0) is 18.6. The quantitative estimate of drug-likeness (QED) is 0.874. The van der Waals surface area contributed by atoms with Gasteiger partial charge in [-0.1, -0.05) is 17.7 Å². The Balaban J connectivity index is 2.14. The van der Waals surface area contributed by atoms with Crippen molar-refractivity contribution in [2.24, 2.45) is 0 Å². The summed E-state index contributed by atoms with van der Waals surface area (Å²) < 4.78 is 5.39. The van der Waals surface area contributed by atoms with Gasteiger partial charge in [0.2, 0.25) is 5.89 Å². The molecule has 0 aliphatic carbocycles. The van der Waals surface area contributed by atoms with Crippen LogP contribution in [0.1, 0.15) is 60.0 Å². The van der Waals surface area contributed by atoms with Gasteiger partial charge < -0.3 is 14.6 Å². The molecular formula is C19H25N3O3. The first-order valence-electron chi connectivity index (χ1n) is 8.40. The van der Waals surface area contributed by atoms with Gasteiger partial charge in [0.05, 0.1) is 6.54 Å². The highest BCUT2D eigenvalue weighted by Gasteiger charge is 2.22. The van der Waals surface area contributed by atoms with Crippen LogP contribution in [0, 0.1) is 6.92 Å². The van der Waals surface area contributed by atoms with E-state index in [1.165, 1.54) is 6.26 Å². The molecule has 0 radical (unpaired) electrons. The average molecular weight is 343 g/mol. The highest BCUT2D eigenvalue weighted by atomic mass is 16.3. The lowest BCUT2D eigenvalue weighted by atomic mass is 10.1. The third-order valence-electron chi connectivity index (χ3n) is 3.69. The number of carbonyl (C=O) groups is 2. The van der Waals surface area contributed by atoms with E-state index in [1.54, 1.807) is 4.90 Å². The number of hydrogen-bond acceptors (Lipinski definition) is 4. The molecule has 2 rings (SSSR count). The molecule has 0 bridgehead atoms. The normalized spacial score (nSPS) is 11.0. The van der Waals surface area contributed by atoms with E-state index in [9.17, 15) is 9.59 Å². The van der Waals surface area contributed by atoms with Crippen LogP contribution in [0.4, 0.5) is 0 Å². The van der Waals surface area contributed by atoms with Crippen molar-refractivity contribution in [2.75, 3.05) is 0 Å². The Morgan fingerprint density at radius 2 is 1.80 bits per heavy atom. The Kier molecular flexibility index (Phi) is 5.96. The van der Waals surface area contributed by atoms with Gasteiger partial charge in [-0.15, -0.1) is 0 Å². The van der Waals surface area contributed by atoms with Gasteiger partial charge in [-0.3, -0.25) is 9.59 Å². The molecule has 134 valence electrons. The van der Waals surface area contributed by atoms with Gasteiger partial charge >= 0.3 is 0 Å². The second kappa shape index (κ2) is 7.96. The number of carbonyl (C=O) groups excluding carboxylic acids is 2. The van der Waals surface area contributed by atoms with Crippen LogP contribution < -0.4 is 5.32 Å². The SMILES string of the molecule is Cc1ccc(C(=O)N(Cc2nc(C(=O)NC(C)C)co2)C(C)C)cc1. The van der Waals surface area contributed by atoms with Gasteiger partial charge in [-0.05, 0) is 46.8 Å². The number of hydrogen-bond donors (Lipinski definition) is 1. The van der Waals surface area contributed by atoms with Gasteiger partial charge in [0.25, 0.3) is 11.8 Å². The van der Waals surface area contributed by atoms with Crippen LogP contribution in [0.2, 0.25) is 0 Å². The molecule has 2 aromatic rings. The fourth-order valence-electron chi connectivity index (χ4n) is 2.32. The second-order valence-electron chi connectivity index (χ2n) is 6.65. The molecule has 0 fully saturated rings. The summed E-state index contributed by atoms with van der Waals surface area (Å²) in [7, 11) is 0. The zero-order valence-corrected chi connectivity index (χ0v) is 15.4. The van der Waals surface area contributed by atoms with Crippen molar-refractivity contribution in [1.82, 2.24) is 15.2 Å². The van der Waals surface area contributed by atoms with Gasteiger partial charge in [0.15, 0.2) is 5.69 Å². The lowest BCUT2D eigenvalue weighted by molar-refractivity contribution is 0.0672. The first kappa shape index (κ1) is 18.7. The maximum Gasteiger partial charge on any atom is 0.273 e. The van der Waals surface area contributed by atoms with E-state index >= 15 is 0 Å². The molecule has 1 heterocycles. The predicted molar refractivity (Wildman–Crippen MR) is 95.3 cm³/mol. The van der Waals surface area contributed by atoms with Crippen LogP contribution in [0.25, 0.3) is 0 Å². The molecule has 6 heteroatoms. The summed E-state index contributed by atoms with van der Waals surface area (Å²) >= 11 is 0. The van der Waals surface area contributed by atoms with Crippen molar-refractivity contribution in [3.63, 3.8) is 0 Å². The molecule has 0 saturated heterocycles. The van der Waals surface area contributed by atoms with Gasteiger partial charge in [0.1, 0.15) is 6.26 Å². The minimum absolute atomic E-state index is 0.0166. The Bertz CT molecular complexity index is 733. The van der Waals surface area contributed by atoms with Crippen LogP contribution in [0.5, 0.6) is 0 Å². The number of nitrogens with one attached hydrogen (secondary N) is 1. The van der Waals surface area contributed by atoms with E-state index in [-0.39, 0.29) is 36.1 Å². The van der Waals surface area contributed by atoms with Crippen molar-refractivity contribution >= 4 is 11.8 Å². The first-order chi connectivity index (χ1) is 11.8. The molecule has 0 atom stereocenters. The van der Waals surface area contributed by atoms with E-state index in [4.69, 9.17) is 4.42 Å². The highest BCUT2D eigenvalue weighted by Crippen LogP contribution is 2.14. The molecule has 2 amide bonds. The largest absolute Gasteiger partial charge is 0.446 e. The summed E-state index contributed by atoms with van der Waals surface area (Å²) in [5.74, 6) is -0.0459. The molecule has 0 spiro atoms. The van der Waals surface area contributed by atoms with Gasteiger partial charge in [0, 0.05) is 17.6 Å². The second-order valence-corrected chi connectivity index (χ2v) is 6.65.